The zero-order valence-electron chi connectivity index (χ0n) is 20.8. The van der Waals surface area contributed by atoms with Crippen molar-refractivity contribution in [1.29, 1.82) is 0 Å². The second kappa shape index (κ2) is 37.6. The van der Waals surface area contributed by atoms with E-state index in [0.29, 0.717) is 15.8 Å². The molecule has 0 bridgehead atoms. The predicted octanol–water partition coefficient (Wildman–Crippen LogP) is 10.9. The molecule has 0 saturated carbocycles. The zero-order valence-corrected chi connectivity index (χ0v) is 27.0. The molecule has 0 saturated heterocycles. The Kier molecular flexibility index (Phi) is 53.9. The summed E-state index contributed by atoms with van der Waals surface area (Å²) >= 11 is 0. The largest absolute Gasteiger partial charge is 0.114 e. The minimum atomic E-state index is 0. The summed E-state index contributed by atoms with van der Waals surface area (Å²) in [4.78, 5) is 0. The van der Waals surface area contributed by atoms with Gasteiger partial charge in [0.25, 0.3) is 0 Å². The molecule has 0 atom stereocenters. The molecule has 0 radical (unpaired) electrons. The van der Waals surface area contributed by atoms with Gasteiger partial charge in [-0.3, -0.25) is 0 Å². The third-order valence-electron chi connectivity index (χ3n) is 4.97. The van der Waals surface area contributed by atoms with Crippen molar-refractivity contribution in [2.75, 3.05) is 37.0 Å². The number of halogens is 2. The Balaban J connectivity index is -0.000000120. The number of hydrogen-bond acceptors (Lipinski definition) is 0. The molecule has 0 aromatic heterocycles. The van der Waals surface area contributed by atoms with Gasteiger partial charge in [0.2, 0.25) is 0 Å². The Morgan fingerprint density at radius 3 is 0.586 bits per heavy atom. The van der Waals surface area contributed by atoms with E-state index in [1.165, 1.54) is 77.0 Å². The van der Waals surface area contributed by atoms with Crippen LogP contribution < -0.4 is 0 Å². The summed E-state index contributed by atoms with van der Waals surface area (Å²) < 4.78 is 0. The topological polar surface area (TPSA) is 0 Å². The second-order valence-electron chi connectivity index (χ2n) is 7.80. The fraction of sp³-hybridized carbons (Fsp3) is 1.00. The molecule has 186 valence electrons. The SMILES string of the molecule is Br.Br.CCCCP(CCCC)CCCC.CCCCP(CCCC)CCCC.[Ni]. The van der Waals surface area contributed by atoms with Gasteiger partial charge >= 0.3 is 0 Å². The molecule has 0 aliphatic carbocycles. The van der Waals surface area contributed by atoms with Gasteiger partial charge in [0.1, 0.15) is 0 Å². The van der Waals surface area contributed by atoms with Crippen molar-refractivity contribution in [2.45, 2.75) is 119 Å². The van der Waals surface area contributed by atoms with Gasteiger partial charge in [-0.2, -0.15) is 0 Å². The molecule has 0 N–H and O–H groups in total. The van der Waals surface area contributed by atoms with Gasteiger partial charge in [0.15, 0.2) is 0 Å². The van der Waals surface area contributed by atoms with Gasteiger partial charge in [0, 0.05) is 16.5 Å². The molecule has 0 heterocycles. The Hall–Kier alpha value is 2.31. The van der Waals surface area contributed by atoms with Crippen LogP contribution in [0.5, 0.6) is 0 Å². The molecule has 0 aliphatic heterocycles. The van der Waals surface area contributed by atoms with Gasteiger partial charge in [-0.25, -0.2) is 0 Å². The normalized spacial score (nSPS) is 9.93. The van der Waals surface area contributed by atoms with Crippen LogP contribution in [0.15, 0.2) is 0 Å². The van der Waals surface area contributed by atoms with Crippen LogP contribution in [0.1, 0.15) is 119 Å². The van der Waals surface area contributed by atoms with E-state index in [-0.39, 0.29) is 50.5 Å². The molecular formula is C24H56Br2NiP2. The van der Waals surface area contributed by atoms with Crippen molar-refractivity contribution in [2.24, 2.45) is 0 Å². The van der Waals surface area contributed by atoms with Crippen LogP contribution in [0.2, 0.25) is 0 Å². The molecule has 0 aromatic carbocycles. The molecule has 0 aliphatic rings. The van der Waals surface area contributed by atoms with Crippen molar-refractivity contribution in [3.8, 4) is 0 Å². The van der Waals surface area contributed by atoms with Crippen LogP contribution in [-0.4, -0.2) is 37.0 Å². The third-order valence-corrected chi connectivity index (χ3v) is 10.7. The van der Waals surface area contributed by atoms with E-state index in [1.807, 2.05) is 0 Å². The first-order chi connectivity index (χ1) is 12.7. The minimum Gasteiger partial charge on any atom is -0.114 e. The van der Waals surface area contributed by atoms with Gasteiger partial charge in [-0.05, 0) is 75.5 Å². The van der Waals surface area contributed by atoms with Crippen molar-refractivity contribution < 1.29 is 16.5 Å². The van der Waals surface area contributed by atoms with Gasteiger partial charge in [-0.1, -0.05) is 80.1 Å². The average molecular weight is 625 g/mol. The summed E-state index contributed by atoms with van der Waals surface area (Å²) in [6.45, 7) is 13.9. The van der Waals surface area contributed by atoms with E-state index in [4.69, 9.17) is 0 Å². The third kappa shape index (κ3) is 35.1. The summed E-state index contributed by atoms with van der Waals surface area (Å²) in [5.74, 6) is 0. The fourth-order valence-corrected chi connectivity index (χ4v) is 8.88. The maximum absolute atomic E-state index is 2.31. The molecule has 0 aromatic rings. The molecule has 0 fully saturated rings. The van der Waals surface area contributed by atoms with Crippen LogP contribution in [0.25, 0.3) is 0 Å². The Labute approximate surface area is 220 Å². The summed E-state index contributed by atoms with van der Waals surface area (Å²) in [6, 6.07) is 0. The summed E-state index contributed by atoms with van der Waals surface area (Å²) in [5.41, 5.74) is 0. The van der Waals surface area contributed by atoms with E-state index in [0.717, 1.165) is 0 Å². The van der Waals surface area contributed by atoms with Gasteiger partial charge < -0.3 is 0 Å². The molecule has 5 heteroatoms. The van der Waals surface area contributed by atoms with Gasteiger partial charge in [-0.15, -0.1) is 49.8 Å². The Morgan fingerprint density at radius 2 is 0.483 bits per heavy atom. The van der Waals surface area contributed by atoms with Crippen LogP contribution >= 0.6 is 49.8 Å². The van der Waals surface area contributed by atoms with Crippen molar-refractivity contribution >= 4 is 49.8 Å². The van der Waals surface area contributed by atoms with E-state index >= 15 is 0 Å². The Bertz CT molecular complexity index is 185. The van der Waals surface area contributed by atoms with Crippen LogP contribution in [0.4, 0.5) is 0 Å². The number of hydrogen-bond donors (Lipinski definition) is 0. The molecule has 0 spiro atoms. The first kappa shape index (κ1) is 41.6. The van der Waals surface area contributed by atoms with Crippen molar-refractivity contribution in [3.63, 3.8) is 0 Å². The first-order valence-electron chi connectivity index (χ1n) is 12.1. The summed E-state index contributed by atoms with van der Waals surface area (Å²) in [5, 5.41) is 0. The number of rotatable bonds is 18. The van der Waals surface area contributed by atoms with Crippen LogP contribution in [-0.2, 0) is 16.5 Å². The van der Waals surface area contributed by atoms with Crippen molar-refractivity contribution in [3.05, 3.63) is 0 Å². The molecule has 29 heavy (non-hydrogen) atoms. The first-order valence-corrected chi connectivity index (χ1v) is 15.9. The van der Waals surface area contributed by atoms with E-state index in [2.05, 4.69) is 41.5 Å². The van der Waals surface area contributed by atoms with E-state index < -0.39 is 0 Å². The van der Waals surface area contributed by atoms with E-state index in [9.17, 15) is 0 Å². The van der Waals surface area contributed by atoms with Crippen LogP contribution in [0.3, 0.4) is 0 Å². The van der Waals surface area contributed by atoms with E-state index in [1.54, 1.807) is 37.0 Å². The van der Waals surface area contributed by atoms with Crippen LogP contribution in [0, 0.1) is 0 Å². The average Bonchev–Trinajstić information content (AvgIpc) is 2.67. The fourth-order valence-electron chi connectivity index (χ4n) is 2.96. The minimum absolute atomic E-state index is 0. The second-order valence-corrected chi connectivity index (χ2v) is 13.2. The monoisotopic (exact) mass is 622 g/mol. The Morgan fingerprint density at radius 1 is 0.345 bits per heavy atom. The number of unbranched alkanes of at least 4 members (excludes halogenated alkanes) is 6. The van der Waals surface area contributed by atoms with Gasteiger partial charge in [0.05, 0.1) is 0 Å². The quantitative estimate of drug-likeness (QED) is 0.105. The molecule has 0 amide bonds. The predicted molar refractivity (Wildman–Crippen MR) is 153 cm³/mol. The van der Waals surface area contributed by atoms with Crippen molar-refractivity contribution in [1.82, 2.24) is 0 Å². The summed E-state index contributed by atoms with van der Waals surface area (Å²) in [7, 11) is 0.843. The molecule has 0 unspecified atom stereocenters. The molecule has 0 nitrogen and oxygen atoms in total. The molecular weight excluding hydrogens is 569 g/mol. The maximum atomic E-state index is 2.31. The summed E-state index contributed by atoms with van der Waals surface area (Å²) in [6.07, 6.45) is 26.4. The smallest absolute Gasteiger partial charge is 0 e. The standard InChI is InChI=1S/2C12H27P.2BrH.Ni/c2*1-4-7-10-13(11-8-5-2)12-9-6-3;;;/h2*4-12H2,1-3H3;2*1H;. The molecule has 0 rings (SSSR count). The maximum Gasteiger partial charge on any atom is 0 e. The zero-order chi connectivity index (χ0) is 19.9.